The zero-order valence-electron chi connectivity index (χ0n) is 38.2. The van der Waals surface area contributed by atoms with Gasteiger partial charge in [0.15, 0.2) is 0 Å². The number of aryl methyl sites for hydroxylation is 1. The van der Waals surface area contributed by atoms with Crippen LogP contribution in [0.4, 0.5) is 0 Å². The van der Waals surface area contributed by atoms with E-state index < -0.39 is 22.3 Å². The van der Waals surface area contributed by atoms with Crippen LogP contribution in [0.2, 0.25) is 10.0 Å². The second-order valence-electron chi connectivity index (χ2n) is 20.7. The van der Waals surface area contributed by atoms with Crippen molar-refractivity contribution in [3.05, 3.63) is 169 Å². The van der Waals surface area contributed by atoms with Crippen molar-refractivity contribution in [2.24, 2.45) is 10.8 Å². The molecule has 0 aromatic heterocycles. The summed E-state index contributed by atoms with van der Waals surface area (Å²) in [6, 6.07) is 32.6. The average molecular weight is 958 g/mol. The van der Waals surface area contributed by atoms with Crippen LogP contribution in [-0.4, -0.2) is 7.42 Å². The molecular weight excluding hydrogens is 894 g/mol. The van der Waals surface area contributed by atoms with E-state index in [1.54, 1.807) is 0 Å². The van der Waals surface area contributed by atoms with Gasteiger partial charge >= 0.3 is 123 Å². The Morgan fingerprint density at radius 1 is 0.617 bits per heavy atom. The van der Waals surface area contributed by atoms with Crippen LogP contribution in [0, 0.1) is 23.8 Å². The summed E-state index contributed by atoms with van der Waals surface area (Å²) >= 11 is 11.0. The van der Waals surface area contributed by atoms with Crippen molar-refractivity contribution in [1.29, 1.82) is 0 Å². The summed E-state index contributed by atoms with van der Waals surface area (Å²) < 4.78 is 4.66. The molecule has 0 amide bonds. The Morgan fingerprint density at radius 2 is 1.10 bits per heavy atom. The summed E-state index contributed by atoms with van der Waals surface area (Å²) in [6.45, 7) is 32.2. The van der Waals surface area contributed by atoms with Gasteiger partial charge in [-0.1, -0.05) is 126 Å². The third-order valence-electron chi connectivity index (χ3n) is 11.6. The molecular formula is C55H64Cl4Zr-2. The Kier molecular flexibility index (Phi) is 15.6. The molecule has 60 heavy (non-hydrogen) atoms. The molecule has 0 radical (unpaired) electrons. The third-order valence-corrected chi connectivity index (χ3v) is 14.6. The first kappa shape index (κ1) is 50.1. The SMILES string of the molecule is CC(C)(C)C1=[C-]C(C)(C)c2cc3c(cc21)-c1cc2c(cc1C3)C(C)(C)C=C2C(C)(C)C.Cc1cc(C(C)(C)C)c[cH-]1.Cl.Cl.Clc1ccc([CH]=[Zr]=[CH]c2ccc(Cl)cc2)cc1. The van der Waals surface area contributed by atoms with E-state index in [0.29, 0.717) is 5.41 Å². The second-order valence-corrected chi connectivity index (χ2v) is 23.8. The van der Waals surface area contributed by atoms with Gasteiger partial charge in [-0.15, -0.1) is 36.4 Å². The van der Waals surface area contributed by atoms with E-state index in [1.165, 1.54) is 77.9 Å². The van der Waals surface area contributed by atoms with E-state index in [2.05, 4.69) is 183 Å². The summed E-state index contributed by atoms with van der Waals surface area (Å²) in [5.41, 5.74) is 20.5. The van der Waals surface area contributed by atoms with Gasteiger partial charge in [0, 0.05) is 5.41 Å². The van der Waals surface area contributed by atoms with Crippen LogP contribution in [0.25, 0.3) is 22.3 Å². The van der Waals surface area contributed by atoms with Gasteiger partial charge in [0.25, 0.3) is 0 Å². The fraction of sp³-hybridized carbons (Fsp3) is 0.364. The molecule has 3 aliphatic rings. The molecule has 0 fully saturated rings. The van der Waals surface area contributed by atoms with E-state index in [1.807, 2.05) is 24.3 Å². The number of halogens is 4. The Morgan fingerprint density at radius 3 is 1.52 bits per heavy atom. The van der Waals surface area contributed by atoms with Gasteiger partial charge in [-0.25, -0.2) is 11.6 Å². The number of rotatable bonds is 2. The monoisotopic (exact) mass is 954 g/mol. The van der Waals surface area contributed by atoms with Gasteiger partial charge < -0.3 is 0 Å². The first-order valence-corrected chi connectivity index (χ1v) is 24.4. The fourth-order valence-corrected chi connectivity index (χ4v) is 10.7. The van der Waals surface area contributed by atoms with Gasteiger partial charge in [-0.3, -0.25) is 6.08 Å². The van der Waals surface area contributed by atoms with Gasteiger partial charge in [0.1, 0.15) is 0 Å². The van der Waals surface area contributed by atoms with Crippen LogP contribution < -0.4 is 0 Å². The predicted molar refractivity (Wildman–Crippen MR) is 267 cm³/mol. The summed E-state index contributed by atoms with van der Waals surface area (Å²) in [7, 11) is 0. The van der Waals surface area contributed by atoms with Crippen LogP contribution in [0.15, 0.2) is 97.1 Å². The van der Waals surface area contributed by atoms with E-state index in [4.69, 9.17) is 23.2 Å². The van der Waals surface area contributed by atoms with Crippen molar-refractivity contribution >= 4 is 66.6 Å². The molecule has 0 saturated heterocycles. The van der Waals surface area contributed by atoms with Crippen LogP contribution in [0.3, 0.4) is 0 Å². The molecule has 0 N–H and O–H groups in total. The third kappa shape index (κ3) is 11.4. The normalized spacial score (nSPS) is 15.1. The zero-order chi connectivity index (χ0) is 42.6. The van der Waals surface area contributed by atoms with Crippen molar-refractivity contribution in [2.75, 3.05) is 0 Å². The van der Waals surface area contributed by atoms with Crippen LogP contribution in [-0.2, 0) is 44.9 Å². The summed E-state index contributed by atoms with van der Waals surface area (Å²) in [4.78, 5) is 0. The summed E-state index contributed by atoms with van der Waals surface area (Å²) in [5, 5.41) is 1.57. The molecule has 5 heteroatoms. The molecule has 3 aliphatic carbocycles. The molecule has 0 bridgehead atoms. The van der Waals surface area contributed by atoms with Crippen LogP contribution in [0.5, 0.6) is 0 Å². The Labute approximate surface area is 396 Å². The Hall–Kier alpha value is -2.51. The first-order chi connectivity index (χ1) is 26.8. The average Bonchev–Trinajstić information content (AvgIpc) is 3.86. The van der Waals surface area contributed by atoms with Crippen LogP contribution in [0.1, 0.15) is 146 Å². The van der Waals surface area contributed by atoms with Gasteiger partial charge in [0.2, 0.25) is 0 Å². The van der Waals surface area contributed by atoms with Gasteiger partial charge in [-0.2, -0.15) is 28.8 Å². The molecule has 0 heterocycles. The van der Waals surface area contributed by atoms with Crippen molar-refractivity contribution in [3.63, 3.8) is 0 Å². The second kappa shape index (κ2) is 18.7. The van der Waals surface area contributed by atoms with Crippen molar-refractivity contribution in [1.82, 2.24) is 0 Å². The number of benzene rings is 4. The molecule has 318 valence electrons. The van der Waals surface area contributed by atoms with E-state index in [-0.39, 0.29) is 46.5 Å². The molecule has 0 saturated carbocycles. The van der Waals surface area contributed by atoms with Crippen molar-refractivity contribution in [2.45, 2.75) is 120 Å². The van der Waals surface area contributed by atoms with E-state index >= 15 is 0 Å². The molecule has 0 aliphatic heterocycles. The molecule has 0 atom stereocenters. The molecule has 5 aromatic carbocycles. The van der Waals surface area contributed by atoms with E-state index in [0.717, 1.165) is 16.5 Å². The topological polar surface area (TPSA) is 0 Å². The van der Waals surface area contributed by atoms with Gasteiger partial charge in [-0.05, 0) is 62.3 Å². The van der Waals surface area contributed by atoms with Crippen molar-refractivity contribution in [3.8, 4) is 11.1 Å². The summed E-state index contributed by atoms with van der Waals surface area (Å²) in [5.74, 6) is 0. The fourth-order valence-electron chi connectivity index (χ4n) is 8.32. The quantitative estimate of drug-likeness (QED) is 0.152. The Balaban J connectivity index is 0.000000230. The first-order valence-electron chi connectivity index (χ1n) is 20.8. The molecule has 0 unspecified atom stereocenters. The predicted octanol–water partition coefficient (Wildman–Crippen LogP) is 16.4. The maximum atomic E-state index is 5.84. The number of fused-ring (bicyclic) bond motifs is 5. The van der Waals surface area contributed by atoms with Crippen molar-refractivity contribution < 1.29 is 22.3 Å². The number of hydrogen-bond donors (Lipinski definition) is 0. The van der Waals surface area contributed by atoms with Crippen LogP contribution >= 0.6 is 48.0 Å². The molecule has 8 rings (SSSR count). The molecule has 0 nitrogen and oxygen atoms in total. The zero-order valence-corrected chi connectivity index (χ0v) is 43.8. The minimum absolute atomic E-state index is 0. The molecule has 5 aromatic rings. The standard InChI is InChI=1S/C31H37.C10H15.2C7H5Cl.2ClH.Zr/c1-28(2,3)26-16-30(7,8)24-12-18-11-19-13-25-23(15-21(19)20(18)14-22(24)26)27(29(4,5)6)17-31(25,9)10;1-8-5-6-9(7-8)10(2,3)4;2*1-6-2-4-7(8)5-3-6;;;/h12-16H,11H2,1-10H3;5-7H,1-4H3;2*1-5H;2*1H;/q2*-1;;;;;. The number of allylic oxidation sites excluding steroid dienone is 4. The Bertz CT molecular complexity index is 2310. The summed E-state index contributed by atoms with van der Waals surface area (Å²) in [6.07, 6.45) is 7.41. The molecule has 0 spiro atoms. The minimum atomic E-state index is -0.623. The van der Waals surface area contributed by atoms with Gasteiger partial charge in [0.05, 0.1) is 0 Å². The number of hydrogen-bond acceptors (Lipinski definition) is 0. The van der Waals surface area contributed by atoms with E-state index in [9.17, 15) is 0 Å². The maximum absolute atomic E-state index is 5.84.